The molecule has 0 unspecified atom stereocenters. The van der Waals surface area contributed by atoms with E-state index in [4.69, 9.17) is 0 Å². The zero-order valence-electron chi connectivity index (χ0n) is 10.3. The summed E-state index contributed by atoms with van der Waals surface area (Å²) in [7, 11) is -4.11. The Hall–Kier alpha value is -1.79. The fraction of sp³-hybridized carbons (Fsp3) is 0.100. The highest BCUT2D eigenvalue weighted by atomic mass is 32.2. The molecule has 22 heavy (non-hydrogen) atoms. The Bertz CT molecular complexity index is 932. The number of hydrogen-bond acceptors (Lipinski definition) is 7. The maximum Gasteiger partial charge on any atom is 0.427 e. The lowest BCUT2D eigenvalue weighted by Crippen LogP contribution is -2.13. The van der Waals surface area contributed by atoms with Crippen LogP contribution in [0, 0.1) is 0 Å². The largest absolute Gasteiger partial charge is 0.427 e. The van der Waals surface area contributed by atoms with Gasteiger partial charge in [0.05, 0.1) is 17.9 Å². The summed E-state index contributed by atoms with van der Waals surface area (Å²) < 4.78 is 71.9. The Kier molecular flexibility index (Phi) is 3.53. The topological polar surface area (TPSA) is 84.8 Å². The Balaban J connectivity index is 1.97. The second-order valence-electron chi connectivity index (χ2n) is 4.02. The van der Waals surface area contributed by atoms with Crippen LogP contribution in [0.4, 0.5) is 18.3 Å². The van der Waals surface area contributed by atoms with Gasteiger partial charge in [0.2, 0.25) is 0 Å². The summed E-state index contributed by atoms with van der Waals surface area (Å²) in [6.45, 7) is 0. The van der Waals surface area contributed by atoms with E-state index in [9.17, 15) is 21.6 Å². The van der Waals surface area contributed by atoms with Crippen LogP contribution in [0.15, 0.2) is 29.3 Å². The zero-order valence-corrected chi connectivity index (χ0v) is 12.8. The van der Waals surface area contributed by atoms with Crippen molar-refractivity contribution in [2.75, 3.05) is 4.72 Å². The molecule has 0 saturated carbocycles. The first-order valence-corrected chi connectivity index (χ1v) is 8.57. The monoisotopic (exact) mass is 366 g/mol. The minimum atomic E-state index is -4.57. The van der Waals surface area contributed by atoms with Crippen LogP contribution in [0.25, 0.3) is 11.0 Å². The Labute approximate surface area is 130 Å². The Morgan fingerprint density at radius 3 is 2.64 bits per heavy atom. The van der Waals surface area contributed by atoms with Crippen molar-refractivity contribution in [2.45, 2.75) is 11.1 Å². The molecule has 6 nitrogen and oxygen atoms in total. The van der Waals surface area contributed by atoms with E-state index in [1.165, 1.54) is 12.1 Å². The van der Waals surface area contributed by atoms with Gasteiger partial charge in [0.1, 0.15) is 20.8 Å². The molecule has 3 rings (SSSR count). The molecule has 0 bridgehead atoms. The van der Waals surface area contributed by atoms with Gasteiger partial charge in [-0.2, -0.15) is 21.9 Å². The molecule has 2 heterocycles. The van der Waals surface area contributed by atoms with E-state index in [0.29, 0.717) is 11.7 Å². The number of alkyl halides is 3. The molecule has 1 aromatic carbocycles. The summed E-state index contributed by atoms with van der Waals surface area (Å²) in [6.07, 6.45) is -3.99. The van der Waals surface area contributed by atoms with Crippen LogP contribution in [0.1, 0.15) is 4.88 Å². The summed E-state index contributed by atoms with van der Waals surface area (Å²) in [4.78, 5) is 2.28. The quantitative estimate of drug-likeness (QED) is 0.770. The van der Waals surface area contributed by atoms with E-state index in [0.717, 1.165) is 11.7 Å². The minimum absolute atomic E-state index is 0.160. The molecular weight excluding hydrogens is 361 g/mol. The average Bonchev–Trinajstić information content (AvgIpc) is 3.04. The second-order valence-corrected chi connectivity index (χ2v) is 7.23. The van der Waals surface area contributed by atoms with Crippen LogP contribution in [0.2, 0.25) is 0 Å². The Morgan fingerprint density at radius 1 is 1.18 bits per heavy atom. The molecule has 3 aromatic rings. The van der Waals surface area contributed by atoms with Crippen molar-refractivity contribution in [1.29, 1.82) is 0 Å². The fourth-order valence-corrected chi connectivity index (χ4v) is 4.31. The van der Waals surface area contributed by atoms with Gasteiger partial charge in [0.15, 0.2) is 5.13 Å². The highest BCUT2D eigenvalue weighted by Gasteiger charge is 2.34. The molecule has 0 saturated heterocycles. The van der Waals surface area contributed by atoms with Crippen molar-refractivity contribution in [2.24, 2.45) is 0 Å². The van der Waals surface area contributed by atoms with Crippen molar-refractivity contribution >= 4 is 49.3 Å². The lowest BCUT2D eigenvalue weighted by molar-refractivity contribution is -0.134. The number of thiazole rings is 1. The minimum Gasteiger partial charge on any atom is -0.255 e. The normalized spacial score (nSPS) is 12.7. The summed E-state index contributed by atoms with van der Waals surface area (Å²) in [6, 6.07) is 4.36. The van der Waals surface area contributed by atoms with Crippen molar-refractivity contribution < 1.29 is 21.6 Å². The average molecular weight is 366 g/mol. The molecule has 0 aliphatic rings. The number of aromatic nitrogens is 3. The predicted molar refractivity (Wildman–Crippen MR) is 75.3 cm³/mol. The lowest BCUT2D eigenvalue weighted by atomic mass is 10.3. The first-order chi connectivity index (χ1) is 10.3. The molecule has 0 spiro atoms. The van der Waals surface area contributed by atoms with Gasteiger partial charge >= 0.3 is 6.18 Å². The molecule has 0 fully saturated rings. The predicted octanol–water partition coefficient (Wildman–Crippen LogP) is 2.97. The third kappa shape index (κ3) is 2.76. The van der Waals surface area contributed by atoms with Gasteiger partial charge in [-0.15, -0.1) is 0 Å². The van der Waals surface area contributed by atoms with Gasteiger partial charge in [0, 0.05) is 0 Å². The van der Waals surface area contributed by atoms with Crippen LogP contribution in [0.5, 0.6) is 0 Å². The van der Waals surface area contributed by atoms with E-state index in [2.05, 4.69) is 13.7 Å². The number of nitrogens with one attached hydrogen (secondary N) is 1. The number of fused-ring (bicyclic) bond motifs is 1. The van der Waals surface area contributed by atoms with Crippen molar-refractivity contribution in [3.8, 4) is 0 Å². The summed E-state index contributed by atoms with van der Waals surface area (Å²) in [5.74, 6) is 0. The third-order valence-electron chi connectivity index (χ3n) is 2.55. The number of rotatable bonds is 3. The van der Waals surface area contributed by atoms with Crippen LogP contribution < -0.4 is 4.72 Å². The lowest BCUT2D eigenvalue weighted by Gasteiger charge is -2.05. The summed E-state index contributed by atoms with van der Waals surface area (Å²) in [5, 5.41) is -0.368. The molecular formula is C10H5F3N4O2S3. The van der Waals surface area contributed by atoms with E-state index in [1.54, 1.807) is 6.07 Å². The SMILES string of the molecule is O=S(=O)(Nc1ncc(C(F)(F)F)s1)c1cccc2nsnc12. The fourth-order valence-electron chi connectivity index (χ4n) is 1.62. The van der Waals surface area contributed by atoms with E-state index in [-0.39, 0.29) is 26.9 Å². The van der Waals surface area contributed by atoms with Crippen molar-refractivity contribution in [3.05, 3.63) is 29.3 Å². The number of sulfonamides is 1. The molecule has 1 N–H and O–H groups in total. The van der Waals surface area contributed by atoms with Gasteiger partial charge in [-0.05, 0) is 12.1 Å². The van der Waals surface area contributed by atoms with Gasteiger partial charge in [-0.1, -0.05) is 17.4 Å². The maximum atomic E-state index is 12.5. The molecule has 0 atom stereocenters. The molecule has 0 aliphatic heterocycles. The molecule has 116 valence electrons. The molecule has 0 radical (unpaired) electrons. The molecule has 0 amide bonds. The number of halogens is 3. The standard InChI is InChI=1S/C10H5F3N4O2S3/c11-10(12,13)7-4-14-9(20-7)17-22(18,19)6-3-1-2-5-8(6)16-21-15-5/h1-4H,(H,14,17). The number of anilines is 1. The van der Waals surface area contributed by atoms with E-state index in [1.807, 2.05) is 4.72 Å². The van der Waals surface area contributed by atoms with Crippen LogP contribution >= 0.6 is 23.1 Å². The second kappa shape index (κ2) is 5.14. The van der Waals surface area contributed by atoms with Crippen LogP contribution in [-0.2, 0) is 16.2 Å². The smallest absolute Gasteiger partial charge is 0.255 e. The van der Waals surface area contributed by atoms with Gasteiger partial charge in [-0.25, -0.2) is 13.4 Å². The van der Waals surface area contributed by atoms with Gasteiger partial charge in [0.25, 0.3) is 10.0 Å². The van der Waals surface area contributed by atoms with Gasteiger partial charge in [-0.3, -0.25) is 4.72 Å². The van der Waals surface area contributed by atoms with Crippen LogP contribution in [-0.4, -0.2) is 22.1 Å². The van der Waals surface area contributed by atoms with Crippen LogP contribution in [0.3, 0.4) is 0 Å². The highest BCUT2D eigenvalue weighted by Crippen LogP contribution is 2.35. The summed E-state index contributed by atoms with van der Waals surface area (Å²) in [5.41, 5.74) is 0.551. The van der Waals surface area contributed by atoms with Gasteiger partial charge < -0.3 is 0 Å². The van der Waals surface area contributed by atoms with E-state index >= 15 is 0 Å². The highest BCUT2D eigenvalue weighted by molar-refractivity contribution is 7.93. The maximum absolute atomic E-state index is 12.5. The third-order valence-corrected chi connectivity index (χ3v) is 5.55. The molecule has 0 aliphatic carbocycles. The number of nitrogens with zero attached hydrogens (tertiary/aromatic N) is 3. The van der Waals surface area contributed by atoms with E-state index < -0.39 is 21.1 Å². The van der Waals surface area contributed by atoms with Crippen molar-refractivity contribution in [3.63, 3.8) is 0 Å². The number of hydrogen-bond donors (Lipinski definition) is 1. The zero-order chi connectivity index (χ0) is 16.0. The molecule has 2 aromatic heterocycles. The summed E-state index contributed by atoms with van der Waals surface area (Å²) >= 11 is 1.05. The Morgan fingerprint density at radius 2 is 1.95 bits per heavy atom. The molecule has 12 heteroatoms. The first kappa shape index (κ1) is 15.1. The number of benzene rings is 1. The van der Waals surface area contributed by atoms with Crippen molar-refractivity contribution in [1.82, 2.24) is 13.7 Å². The first-order valence-electron chi connectivity index (χ1n) is 5.54.